The van der Waals surface area contributed by atoms with Gasteiger partial charge in [-0.3, -0.25) is 0 Å². The molecule has 1 rings (SSSR count). The molecule has 7 heteroatoms. The summed E-state index contributed by atoms with van der Waals surface area (Å²) in [5.41, 5.74) is 0.798. The molecule has 0 atom stereocenters. The fourth-order valence-corrected chi connectivity index (χ4v) is 4.23. The lowest BCUT2D eigenvalue weighted by molar-refractivity contribution is 0.586. The fraction of sp³-hybridized carbons (Fsp3) is 0.429. The van der Waals surface area contributed by atoms with E-state index >= 15 is 0 Å². The van der Waals surface area contributed by atoms with Crippen molar-refractivity contribution >= 4 is 55.6 Å². The summed E-state index contributed by atoms with van der Waals surface area (Å²) in [5.74, 6) is 0. The molecule has 14 heavy (non-hydrogen) atoms. The van der Waals surface area contributed by atoms with Crippen LogP contribution in [-0.4, -0.2) is 19.4 Å². The number of thiophene rings is 1. The maximum atomic E-state index is 11.6. The Balaban J connectivity index is 2.93. The van der Waals surface area contributed by atoms with E-state index in [9.17, 15) is 8.42 Å². The van der Waals surface area contributed by atoms with Gasteiger partial charge in [-0.2, -0.15) is 0 Å². The van der Waals surface area contributed by atoms with Gasteiger partial charge in [-0.1, -0.05) is 34.2 Å². The predicted molar refractivity (Wildman–Crippen MR) is 68.1 cm³/mol. The Labute approximate surface area is 106 Å². The van der Waals surface area contributed by atoms with Crippen molar-refractivity contribution < 1.29 is 8.42 Å². The minimum absolute atomic E-state index is 0.282. The van der Waals surface area contributed by atoms with Crippen molar-refractivity contribution in [1.29, 1.82) is 0 Å². The molecule has 3 nitrogen and oxygen atoms in total. The number of hydrogen-bond acceptors (Lipinski definition) is 3. The average Bonchev–Trinajstić information content (AvgIpc) is 2.45. The van der Waals surface area contributed by atoms with E-state index in [1.54, 1.807) is 13.0 Å². The lowest BCUT2D eigenvalue weighted by Crippen LogP contribution is -2.24. The summed E-state index contributed by atoms with van der Waals surface area (Å²) in [6, 6.07) is 1.59. The quantitative estimate of drug-likeness (QED) is 0.658. The molecular formula is C7H9ClINO2S2. The van der Waals surface area contributed by atoms with E-state index in [1.807, 2.05) is 0 Å². The summed E-state index contributed by atoms with van der Waals surface area (Å²) in [4.78, 5) is 0. The molecule has 1 N–H and O–H groups in total. The van der Waals surface area contributed by atoms with Crippen LogP contribution in [-0.2, 0) is 10.0 Å². The Hall–Kier alpha value is 0.630. The third-order valence-corrected chi connectivity index (χ3v) is 5.52. The van der Waals surface area contributed by atoms with E-state index in [4.69, 9.17) is 11.6 Å². The van der Waals surface area contributed by atoms with Crippen LogP contribution in [0.5, 0.6) is 0 Å². The van der Waals surface area contributed by atoms with Crippen molar-refractivity contribution in [3.05, 3.63) is 16.0 Å². The molecule has 0 bridgehead atoms. The minimum atomic E-state index is -3.34. The zero-order valence-corrected chi connectivity index (χ0v) is 11.9. The summed E-state index contributed by atoms with van der Waals surface area (Å²) in [7, 11) is -3.34. The van der Waals surface area contributed by atoms with Gasteiger partial charge < -0.3 is 0 Å². The molecule has 0 radical (unpaired) electrons. The Kier molecular flexibility index (Phi) is 4.63. The van der Waals surface area contributed by atoms with E-state index in [0.29, 0.717) is 10.9 Å². The smallest absolute Gasteiger partial charge is 0.210 e. The Morgan fingerprint density at radius 1 is 1.64 bits per heavy atom. The molecule has 1 aromatic rings. The van der Waals surface area contributed by atoms with Crippen LogP contribution in [0, 0.1) is 6.92 Å². The molecular weight excluding hydrogens is 357 g/mol. The summed E-state index contributed by atoms with van der Waals surface area (Å²) < 4.78 is 27.2. The molecule has 0 aromatic carbocycles. The zero-order chi connectivity index (χ0) is 10.8. The standard InChI is InChI=1S/C7H9ClINO2S2/c1-5-4-6(13-7(5)8)14(11,12)10-3-2-9/h4,10H,2-3H2,1H3. The van der Waals surface area contributed by atoms with Crippen LogP contribution >= 0.6 is 45.5 Å². The molecule has 0 aliphatic carbocycles. The maximum absolute atomic E-state index is 11.6. The van der Waals surface area contributed by atoms with Crippen molar-refractivity contribution in [3.63, 3.8) is 0 Å². The normalized spacial score (nSPS) is 11.9. The second-order valence-corrected chi connectivity index (χ2v) is 7.34. The van der Waals surface area contributed by atoms with Gasteiger partial charge in [0.15, 0.2) is 0 Å². The summed E-state index contributed by atoms with van der Waals surface area (Å²) in [6.45, 7) is 2.23. The summed E-state index contributed by atoms with van der Waals surface area (Å²) in [5, 5.41) is 0. The molecule has 0 fully saturated rings. The number of sulfonamides is 1. The van der Waals surface area contributed by atoms with Crippen molar-refractivity contribution in [3.8, 4) is 0 Å². The SMILES string of the molecule is Cc1cc(S(=O)(=O)NCCI)sc1Cl. The van der Waals surface area contributed by atoms with Crippen LogP contribution in [0.4, 0.5) is 0 Å². The topological polar surface area (TPSA) is 46.2 Å². The van der Waals surface area contributed by atoms with E-state index in [0.717, 1.165) is 21.3 Å². The zero-order valence-electron chi connectivity index (χ0n) is 7.38. The molecule has 80 valence electrons. The Morgan fingerprint density at radius 3 is 2.71 bits per heavy atom. The van der Waals surface area contributed by atoms with Crippen molar-refractivity contribution in [1.82, 2.24) is 4.72 Å². The molecule has 0 aliphatic heterocycles. The molecule has 0 saturated heterocycles. The number of aryl methyl sites for hydroxylation is 1. The summed E-state index contributed by atoms with van der Waals surface area (Å²) >= 11 is 8.99. The van der Waals surface area contributed by atoms with E-state index in [1.165, 1.54) is 0 Å². The monoisotopic (exact) mass is 365 g/mol. The first-order valence-electron chi connectivity index (χ1n) is 3.79. The van der Waals surface area contributed by atoms with Crippen LogP contribution in [0.25, 0.3) is 0 Å². The van der Waals surface area contributed by atoms with Gasteiger partial charge in [0.2, 0.25) is 10.0 Å². The lowest BCUT2D eigenvalue weighted by Gasteiger charge is -2.00. The lowest BCUT2D eigenvalue weighted by atomic mass is 10.4. The molecule has 0 aliphatic rings. The van der Waals surface area contributed by atoms with Gasteiger partial charge in [0, 0.05) is 11.0 Å². The van der Waals surface area contributed by atoms with Crippen LogP contribution in [0.3, 0.4) is 0 Å². The fourth-order valence-electron chi connectivity index (χ4n) is 0.808. The van der Waals surface area contributed by atoms with E-state index < -0.39 is 10.0 Å². The van der Waals surface area contributed by atoms with Crippen molar-refractivity contribution in [2.75, 3.05) is 11.0 Å². The van der Waals surface area contributed by atoms with Crippen molar-refractivity contribution in [2.24, 2.45) is 0 Å². The minimum Gasteiger partial charge on any atom is -0.210 e. The third-order valence-electron chi connectivity index (χ3n) is 1.49. The highest BCUT2D eigenvalue weighted by atomic mass is 127. The highest BCUT2D eigenvalue weighted by Crippen LogP contribution is 2.29. The number of alkyl halides is 1. The molecule has 1 aromatic heterocycles. The van der Waals surface area contributed by atoms with Gasteiger partial charge in [0.25, 0.3) is 0 Å². The first kappa shape index (κ1) is 12.7. The number of halogens is 2. The molecule has 0 spiro atoms. The second kappa shape index (κ2) is 5.11. The number of hydrogen-bond donors (Lipinski definition) is 1. The van der Waals surface area contributed by atoms with Crippen LogP contribution < -0.4 is 4.72 Å². The van der Waals surface area contributed by atoms with Crippen molar-refractivity contribution in [2.45, 2.75) is 11.1 Å². The highest BCUT2D eigenvalue weighted by molar-refractivity contribution is 14.1. The molecule has 0 unspecified atom stereocenters. The van der Waals surface area contributed by atoms with Gasteiger partial charge in [0.1, 0.15) is 4.21 Å². The predicted octanol–water partition coefficient (Wildman–Crippen LogP) is 2.42. The van der Waals surface area contributed by atoms with Gasteiger partial charge in [-0.05, 0) is 18.6 Å². The largest absolute Gasteiger partial charge is 0.250 e. The van der Waals surface area contributed by atoms with E-state index in [-0.39, 0.29) is 4.21 Å². The average molecular weight is 366 g/mol. The van der Waals surface area contributed by atoms with E-state index in [2.05, 4.69) is 27.3 Å². The number of nitrogens with one attached hydrogen (secondary N) is 1. The van der Waals surface area contributed by atoms with Crippen LogP contribution in [0.15, 0.2) is 10.3 Å². The first-order valence-corrected chi connectivity index (χ1v) is 7.99. The van der Waals surface area contributed by atoms with Gasteiger partial charge in [-0.15, -0.1) is 11.3 Å². The van der Waals surface area contributed by atoms with Crippen LogP contribution in [0.2, 0.25) is 4.34 Å². The molecule has 0 saturated carbocycles. The van der Waals surface area contributed by atoms with Gasteiger partial charge in [0.05, 0.1) is 4.34 Å². The van der Waals surface area contributed by atoms with Gasteiger partial charge in [-0.25, -0.2) is 13.1 Å². The van der Waals surface area contributed by atoms with Crippen LogP contribution in [0.1, 0.15) is 5.56 Å². The molecule has 1 heterocycles. The third kappa shape index (κ3) is 3.06. The Morgan fingerprint density at radius 2 is 2.29 bits per heavy atom. The Bertz CT molecular complexity index is 396. The molecule has 0 amide bonds. The second-order valence-electron chi connectivity index (χ2n) is 2.61. The maximum Gasteiger partial charge on any atom is 0.250 e. The number of rotatable bonds is 4. The highest BCUT2D eigenvalue weighted by Gasteiger charge is 2.17. The summed E-state index contributed by atoms with van der Waals surface area (Å²) in [6.07, 6.45) is 0. The first-order chi connectivity index (χ1) is 6.47. The van der Waals surface area contributed by atoms with Gasteiger partial charge >= 0.3 is 0 Å².